The Hall–Kier alpha value is -0.590. The van der Waals surface area contributed by atoms with Gasteiger partial charge in [0.15, 0.2) is 0 Å². The van der Waals surface area contributed by atoms with Gasteiger partial charge in [0.05, 0.1) is 12.0 Å². The molecule has 1 fully saturated rings. The summed E-state index contributed by atoms with van der Waals surface area (Å²) in [5.74, 6) is 0.665. The van der Waals surface area contributed by atoms with Crippen LogP contribution in [0.1, 0.15) is 13.8 Å². The third-order valence-corrected chi connectivity index (χ3v) is 2.64. The van der Waals surface area contributed by atoms with Crippen LogP contribution in [0.5, 0.6) is 0 Å². The van der Waals surface area contributed by atoms with Crippen LogP contribution >= 0.6 is 0 Å². The number of hydrogen-bond acceptors (Lipinski definition) is 3. The van der Waals surface area contributed by atoms with Crippen molar-refractivity contribution < 1.29 is 0 Å². The molecule has 1 unspecified atom stereocenters. The van der Waals surface area contributed by atoms with Gasteiger partial charge in [0.1, 0.15) is 0 Å². The van der Waals surface area contributed by atoms with Crippen molar-refractivity contribution in [2.45, 2.75) is 13.8 Å². The van der Waals surface area contributed by atoms with Crippen molar-refractivity contribution in [2.75, 3.05) is 32.7 Å². The highest BCUT2D eigenvalue weighted by Gasteiger charge is 2.18. The minimum absolute atomic E-state index is 0.193. The van der Waals surface area contributed by atoms with Gasteiger partial charge in [-0.2, -0.15) is 5.26 Å². The van der Waals surface area contributed by atoms with E-state index in [-0.39, 0.29) is 5.92 Å². The highest BCUT2D eigenvalue weighted by Crippen LogP contribution is 2.11. The van der Waals surface area contributed by atoms with Gasteiger partial charge >= 0.3 is 0 Å². The van der Waals surface area contributed by atoms with E-state index in [4.69, 9.17) is 5.26 Å². The van der Waals surface area contributed by atoms with Crippen molar-refractivity contribution in [3.63, 3.8) is 0 Å². The summed E-state index contributed by atoms with van der Waals surface area (Å²) in [5, 5.41) is 12.2. The van der Waals surface area contributed by atoms with Gasteiger partial charge in [0.25, 0.3) is 0 Å². The number of piperazine rings is 1. The first-order chi connectivity index (χ1) is 6.24. The van der Waals surface area contributed by atoms with Gasteiger partial charge in [-0.05, 0) is 5.92 Å². The molecule has 1 heterocycles. The van der Waals surface area contributed by atoms with Crippen molar-refractivity contribution in [3.05, 3.63) is 0 Å². The summed E-state index contributed by atoms with van der Waals surface area (Å²) in [6.07, 6.45) is 0. The minimum Gasteiger partial charge on any atom is -0.314 e. The molecule has 0 saturated carbocycles. The molecule has 0 amide bonds. The number of rotatable bonds is 3. The Morgan fingerprint density at radius 3 is 2.46 bits per heavy atom. The van der Waals surface area contributed by atoms with Crippen LogP contribution in [0.3, 0.4) is 0 Å². The van der Waals surface area contributed by atoms with E-state index in [2.05, 4.69) is 30.1 Å². The molecule has 3 nitrogen and oxygen atoms in total. The molecular weight excluding hydrogens is 162 g/mol. The van der Waals surface area contributed by atoms with E-state index < -0.39 is 0 Å². The molecular formula is C10H19N3. The number of nitriles is 1. The van der Waals surface area contributed by atoms with Crippen LogP contribution < -0.4 is 5.32 Å². The molecule has 0 aliphatic carbocycles. The average molecular weight is 181 g/mol. The Morgan fingerprint density at radius 1 is 1.38 bits per heavy atom. The summed E-state index contributed by atoms with van der Waals surface area (Å²) in [7, 11) is 0. The van der Waals surface area contributed by atoms with E-state index in [1.54, 1.807) is 0 Å². The van der Waals surface area contributed by atoms with Crippen LogP contribution in [-0.2, 0) is 0 Å². The van der Waals surface area contributed by atoms with Crippen molar-refractivity contribution >= 4 is 0 Å². The standard InChI is InChI=1S/C10H19N3/c1-9(2)10(7-11)8-13-5-3-12-4-6-13/h9-10,12H,3-6,8H2,1-2H3. The molecule has 0 spiro atoms. The summed E-state index contributed by atoms with van der Waals surface area (Å²) < 4.78 is 0. The summed E-state index contributed by atoms with van der Waals surface area (Å²) in [4.78, 5) is 2.38. The van der Waals surface area contributed by atoms with Gasteiger partial charge in [-0.1, -0.05) is 13.8 Å². The van der Waals surface area contributed by atoms with Crippen molar-refractivity contribution in [2.24, 2.45) is 11.8 Å². The quantitative estimate of drug-likeness (QED) is 0.696. The molecule has 1 N–H and O–H groups in total. The highest BCUT2D eigenvalue weighted by atomic mass is 15.2. The number of hydrogen-bond donors (Lipinski definition) is 1. The molecule has 1 aliphatic heterocycles. The minimum atomic E-state index is 0.193. The maximum absolute atomic E-state index is 8.93. The third-order valence-electron chi connectivity index (χ3n) is 2.64. The zero-order valence-corrected chi connectivity index (χ0v) is 8.58. The summed E-state index contributed by atoms with van der Waals surface area (Å²) in [6.45, 7) is 9.49. The zero-order chi connectivity index (χ0) is 9.68. The fourth-order valence-electron chi connectivity index (χ4n) is 1.57. The topological polar surface area (TPSA) is 39.1 Å². The zero-order valence-electron chi connectivity index (χ0n) is 8.58. The Bertz CT molecular complexity index is 177. The lowest BCUT2D eigenvalue weighted by Crippen LogP contribution is -2.45. The second-order valence-corrected chi connectivity index (χ2v) is 4.03. The van der Waals surface area contributed by atoms with Gasteiger partial charge in [-0.15, -0.1) is 0 Å². The van der Waals surface area contributed by atoms with Crippen LogP contribution in [0.15, 0.2) is 0 Å². The second-order valence-electron chi connectivity index (χ2n) is 4.03. The maximum Gasteiger partial charge on any atom is 0.0672 e. The largest absolute Gasteiger partial charge is 0.314 e. The molecule has 0 aromatic heterocycles. The molecule has 0 bridgehead atoms. The van der Waals surface area contributed by atoms with Crippen molar-refractivity contribution in [1.29, 1.82) is 5.26 Å². The first-order valence-electron chi connectivity index (χ1n) is 5.06. The SMILES string of the molecule is CC(C)C(C#N)CN1CCNCC1. The fraction of sp³-hybridized carbons (Fsp3) is 0.900. The lowest BCUT2D eigenvalue weighted by molar-refractivity contribution is 0.205. The third kappa shape index (κ3) is 3.33. The fourth-order valence-corrected chi connectivity index (χ4v) is 1.57. The predicted molar refractivity (Wildman–Crippen MR) is 53.3 cm³/mol. The molecule has 1 aliphatic rings. The van der Waals surface area contributed by atoms with Gasteiger partial charge in [-0.25, -0.2) is 0 Å². The molecule has 0 radical (unpaired) electrons. The van der Waals surface area contributed by atoms with Crippen molar-refractivity contribution in [3.8, 4) is 6.07 Å². The van der Waals surface area contributed by atoms with Gasteiger partial charge in [0, 0.05) is 32.7 Å². The van der Waals surface area contributed by atoms with Crippen LogP contribution in [0.2, 0.25) is 0 Å². The van der Waals surface area contributed by atoms with Gasteiger partial charge in [-0.3, -0.25) is 4.90 Å². The van der Waals surface area contributed by atoms with E-state index in [0.717, 1.165) is 32.7 Å². The maximum atomic E-state index is 8.93. The van der Waals surface area contributed by atoms with Crippen LogP contribution in [-0.4, -0.2) is 37.6 Å². The molecule has 1 saturated heterocycles. The second kappa shape index (κ2) is 5.21. The Morgan fingerprint density at radius 2 is 2.00 bits per heavy atom. The van der Waals surface area contributed by atoms with E-state index in [1.807, 2.05) is 0 Å². The average Bonchev–Trinajstić information content (AvgIpc) is 2.15. The number of nitrogens with zero attached hydrogens (tertiary/aromatic N) is 2. The molecule has 13 heavy (non-hydrogen) atoms. The number of nitrogens with one attached hydrogen (secondary N) is 1. The monoisotopic (exact) mass is 181 g/mol. The molecule has 74 valence electrons. The Labute approximate surface area is 80.7 Å². The molecule has 1 rings (SSSR count). The molecule has 1 atom stereocenters. The highest BCUT2D eigenvalue weighted by molar-refractivity contribution is 4.88. The van der Waals surface area contributed by atoms with Gasteiger partial charge in [0.2, 0.25) is 0 Å². The van der Waals surface area contributed by atoms with Crippen LogP contribution in [0.25, 0.3) is 0 Å². The summed E-state index contributed by atoms with van der Waals surface area (Å²) in [5.41, 5.74) is 0. The van der Waals surface area contributed by atoms with Crippen LogP contribution in [0.4, 0.5) is 0 Å². The normalized spacial score (nSPS) is 21.4. The van der Waals surface area contributed by atoms with E-state index in [9.17, 15) is 0 Å². The first-order valence-corrected chi connectivity index (χ1v) is 5.06. The summed E-state index contributed by atoms with van der Waals surface area (Å²) >= 11 is 0. The van der Waals surface area contributed by atoms with E-state index in [1.165, 1.54) is 0 Å². The van der Waals surface area contributed by atoms with Crippen LogP contribution in [0, 0.1) is 23.2 Å². The lowest BCUT2D eigenvalue weighted by atomic mass is 9.97. The summed E-state index contributed by atoms with van der Waals surface area (Å²) in [6, 6.07) is 2.39. The smallest absolute Gasteiger partial charge is 0.0672 e. The lowest BCUT2D eigenvalue weighted by Gasteiger charge is -2.29. The predicted octanol–water partition coefficient (Wildman–Crippen LogP) is 0.687. The van der Waals surface area contributed by atoms with E-state index >= 15 is 0 Å². The Kier molecular flexibility index (Phi) is 4.20. The van der Waals surface area contributed by atoms with Gasteiger partial charge < -0.3 is 5.32 Å². The van der Waals surface area contributed by atoms with Crippen molar-refractivity contribution in [1.82, 2.24) is 10.2 Å². The molecule has 0 aromatic rings. The molecule has 3 heteroatoms. The first kappa shape index (κ1) is 10.5. The Balaban J connectivity index is 2.32. The van der Waals surface area contributed by atoms with E-state index in [0.29, 0.717) is 5.92 Å². The molecule has 0 aromatic carbocycles.